The molecule has 0 aromatic carbocycles. The lowest BCUT2D eigenvalue weighted by molar-refractivity contribution is -0.126. The fourth-order valence-electron chi connectivity index (χ4n) is 2.84. The zero-order valence-corrected chi connectivity index (χ0v) is 12.3. The van der Waals surface area contributed by atoms with Crippen LogP contribution in [0.1, 0.15) is 33.6 Å². The second-order valence-corrected chi connectivity index (χ2v) is 6.75. The van der Waals surface area contributed by atoms with Crippen LogP contribution in [0.15, 0.2) is 0 Å². The third-order valence-electron chi connectivity index (χ3n) is 4.25. The molecule has 19 heavy (non-hydrogen) atoms. The molecule has 2 atom stereocenters. The SMILES string of the molecule is CC(C)(C)N1CCC(NC(=O)C2COCC2N)CC1. The zero-order valence-electron chi connectivity index (χ0n) is 12.3. The minimum atomic E-state index is -0.166. The number of hydrogen-bond acceptors (Lipinski definition) is 4. The molecule has 2 heterocycles. The van der Waals surface area contributed by atoms with Crippen molar-refractivity contribution in [3.8, 4) is 0 Å². The Kier molecular flexibility index (Phi) is 4.48. The second-order valence-electron chi connectivity index (χ2n) is 6.75. The Bertz CT molecular complexity index is 319. The van der Waals surface area contributed by atoms with Crippen LogP contribution in [0.2, 0.25) is 0 Å². The van der Waals surface area contributed by atoms with Crippen molar-refractivity contribution >= 4 is 5.91 Å². The number of likely N-dealkylation sites (tertiary alicyclic amines) is 1. The summed E-state index contributed by atoms with van der Waals surface area (Å²) in [4.78, 5) is 14.6. The van der Waals surface area contributed by atoms with Gasteiger partial charge in [0, 0.05) is 30.7 Å². The Morgan fingerprint density at radius 2 is 1.89 bits per heavy atom. The molecule has 5 heteroatoms. The van der Waals surface area contributed by atoms with Crippen molar-refractivity contribution in [2.24, 2.45) is 11.7 Å². The number of carbonyl (C=O) groups is 1. The van der Waals surface area contributed by atoms with Crippen LogP contribution in [0, 0.1) is 5.92 Å². The molecular weight excluding hydrogens is 242 g/mol. The first-order valence-corrected chi connectivity index (χ1v) is 7.26. The molecule has 0 saturated carbocycles. The summed E-state index contributed by atoms with van der Waals surface area (Å²) in [5.74, 6) is -0.0974. The quantitative estimate of drug-likeness (QED) is 0.758. The lowest BCUT2D eigenvalue weighted by atomic mass is 9.97. The minimum absolute atomic E-state index is 0.0687. The van der Waals surface area contributed by atoms with E-state index in [0.29, 0.717) is 19.3 Å². The summed E-state index contributed by atoms with van der Waals surface area (Å²) in [5.41, 5.74) is 6.09. The Morgan fingerprint density at radius 1 is 1.26 bits per heavy atom. The van der Waals surface area contributed by atoms with Gasteiger partial charge in [-0.2, -0.15) is 0 Å². The van der Waals surface area contributed by atoms with Gasteiger partial charge in [-0.3, -0.25) is 9.69 Å². The van der Waals surface area contributed by atoms with E-state index in [-0.39, 0.29) is 23.4 Å². The molecule has 2 fully saturated rings. The lowest BCUT2D eigenvalue weighted by Gasteiger charge is -2.41. The summed E-state index contributed by atoms with van der Waals surface area (Å²) in [6.07, 6.45) is 2.04. The van der Waals surface area contributed by atoms with Crippen molar-refractivity contribution < 1.29 is 9.53 Å². The summed E-state index contributed by atoms with van der Waals surface area (Å²) in [6.45, 7) is 9.76. The number of amides is 1. The van der Waals surface area contributed by atoms with Gasteiger partial charge in [0.1, 0.15) is 0 Å². The summed E-state index contributed by atoms with van der Waals surface area (Å²) in [6, 6.07) is 0.147. The number of hydrogen-bond donors (Lipinski definition) is 2. The van der Waals surface area contributed by atoms with Crippen molar-refractivity contribution in [2.45, 2.75) is 51.2 Å². The van der Waals surface area contributed by atoms with Gasteiger partial charge < -0.3 is 15.8 Å². The van der Waals surface area contributed by atoms with Gasteiger partial charge in [0.15, 0.2) is 0 Å². The molecule has 1 amide bonds. The van der Waals surface area contributed by atoms with Gasteiger partial charge in [-0.15, -0.1) is 0 Å². The predicted octanol–water partition coefficient (Wildman–Crippen LogP) is 0.339. The molecule has 2 rings (SSSR count). The maximum absolute atomic E-state index is 12.1. The third-order valence-corrected chi connectivity index (χ3v) is 4.25. The van der Waals surface area contributed by atoms with E-state index in [1.165, 1.54) is 0 Å². The van der Waals surface area contributed by atoms with Crippen molar-refractivity contribution in [1.29, 1.82) is 0 Å². The average Bonchev–Trinajstić information content (AvgIpc) is 2.75. The van der Waals surface area contributed by atoms with Gasteiger partial charge >= 0.3 is 0 Å². The Morgan fingerprint density at radius 3 is 2.37 bits per heavy atom. The number of piperidine rings is 1. The highest BCUT2D eigenvalue weighted by Crippen LogP contribution is 2.20. The van der Waals surface area contributed by atoms with Gasteiger partial charge in [0.05, 0.1) is 19.1 Å². The summed E-state index contributed by atoms with van der Waals surface area (Å²) in [5, 5.41) is 3.14. The lowest BCUT2D eigenvalue weighted by Crippen LogP contribution is -2.52. The number of carbonyl (C=O) groups excluding carboxylic acids is 1. The van der Waals surface area contributed by atoms with Crippen molar-refractivity contribution in [3.63, 3.8) is 0 Å². The number of nitrogens with one attached hydrogen (secondary N) is 1. The highest BCUT2D eigenvalue weighted by molar-refractivity contribution is 5.80. The molecule has 0 radical (unpaired) electrons. The van der Waals surface area contributed by atoms with Crippen LogP contribution in [0.4, 0.5) is 0 Å². The molecule has 0 aliphatic carbocycles. The molecule has 3 N–H and O–H groups in total. The van der Waals surface area contributed by atoms with Crippen LogP contribution in [0.3, 0.4) is 0 Å². The Balaban J connectivity index is 1.78. The average molecular weight is 269 g/mol. The Labute approximate surface area is 115 Å². The van der Waals surface area contributed by atoms with Crippen molar-refractivity contribution in [1.82, 2.24) is 10.2 Å². The molecule has 0 aromatic heterocycles. The van der Waals surface area contributed by atoms with Crippen LogP contribution >= 0.6 is 0 Å². The monoisotopic (exact) mass is 269 g/mol. The van der Waals surface area contributed by atoms with Gasteiger partial charge in [-0.05, 0) is 33.6 Å². The van der Waals surface area contributed by atoms with E-state index >= 15 is 0 Å². The second kappa shape index (κ2) is 5.77. The molecule has 0 spiro atoms. The first-order valence-electron chi connectivity index (χ1n) is 7.26. The summed E-state index contributed by atoms with van der Waals surface area (Å²) in [7, 11) is 0. The fraction of sp³-hybridized carbons (Fsp3) is 0.929. The molecule has 2 unspecified atom stereocenters. The largest absolute Gasteiger partial charge is 0.379 e. The van der Waals surface area contributed by atoms with Crippen molar-refractivity contribution in [2.75, 3.05) is 26.3 Å². The van der Waals surface area contributed by atoms with E-state index in [2.05, 4.69) is 31.0 Å². The molecule has 2 saturated heterocycles. The maximum Gasteiger partial charge on any atom is 0.227 e. The minimum Gasteiger partial charge on any atom is -0.379 e. The van der Waals surface area contributed by atoms with Crippen LogP contribution < -0.4 is 11.1 Å². The van der Waals surface area contributed by atoms with E-state index in [1.807, 2.05) is 0 Å². The zero-order chi connectivity index (χ0) is 14.0. The summed E-state index contributed by atoms with van der Waals surface area (Å²) < 4.78 is 5.25. The molecule has 2 aliphatic heterocycles. The fourth-order valence-corrected chi connectivity index (χ4v) is 2.84. The third kappa shape index (κ3) is 3.68. The number of nitrogens with zero attached hydrogens (tertiary/aromatic N) is 1. The van der Waals surface area contributed by atoms with E-state index < -0.39 is 0 Å². The summed E-state index contributed by atoms with van der Waals surface area (Å²) >= 11 is 0. The van der Waals surface area contributed by atoms with E-state index in [4.69, 9.17) is 10.5 Å². The van der Waals surface area contributed by atoms with Crippen LogP contribution in [0.5, 0.6) is 0 Å². The van der Waals surface area contributed by atoms with E-state index in [1.54, 1.807) is 0 Å². The van der Waals surface area contributed by atoms with Crippen LogP contribution in [-0.4, -0.2) is 54.7 Å². The molecule has 110 valence electrons. The molecule has 5 nitrogen and oxygen atoms in total. The van der Waals surface area contributed by atoms with Crippen LogP contribution in [-0.2, 0) is 9.53 Å². The van der Waals surface area contributed by atoms with Crippen molar-refractivity contribution in [3.05, 3.63) is 0 Å². The smallest absolute Gasteiger partial charge is 0.227 e. The number of ether oxygens (including phenoxy) is 1. The molecule has 0 aromatic rings. The molecular formula is C14H27N3O2. The highest BCUT2D eigenvalue weighted by atomic mass is 16.5. The highest BCUT2D eigenvalue weighted by Gasteiger charge is 2.33. The molecule has 0 bridgehead atoms. The maximum atomic E-state index is 12.1. The van der Waals surface area contributed by atoms with E-state index in [0.717, 1.165) is 25.9 Å². The standard InChI is InChI=1S/C14H27N3O2/c1-14(2,3)17-6-4-10(5-7-17)16-13(18)11-8-19-9-12(11)15/h10-12H,4-9,15H2,1-3H3,(H,16,18). The topological polar surface area (TPSA) is 67.6 Å². The van der Waals surface area contributed by atoms with Gasteiger partial charge in [0.2, 0.25) is 5.91 Å². The van der Waals surface area contributed by atoms with Gasteiger partial charge in [-0.25, -0.2) is 0 Å². The van der Waals surface area contributed by atoms with Crippen LogP contribution in [0.25, 0.3) is 0 Å². The van der Waals surface area contributed by atoms with Gasteiger partial charge in [-0.1, -0.05) is 0 Å². The van der Waals surface area contributed by atoms with E-state index in [9.17, 15) is 4.79 Å². The predicted molar refractivity (Wildman–Crippen MR) is 74.8 cm³/mol. The first kappa shape index (κ1) is 14.8. The normalized spacial score (nSPS) is 30.5. The molecule has 2 aliphatic rings. The number of nitrogens with two attached hydrogens (primary N) is 1. The number of rotatable bonds is 2. The van der Waals surface area contributed by atoms with Gasteiger partial charge in [0.25, 0.3) is 0 Å². The first-order chi connectivity index (χ1) is 8.88. The Hall–Kier alpha value is -0.650.